The van der Waals surface area contributed by atoms with E-state index in [1.54, 1.807) is 6.92 Å². The molecular weight excluding hydrogens is 216 g/mol. The molecule has 0 unspecified atom stereocenters. The molecule has 84 valence electrons. The van der Waals surface area contributed by atoms with Gasteiger partial charge in [0.25, 0.3) is 5.56 Å². The van der Waals surface area contributed by atoms with Crippen LogP contribution in [0.4, 0.5) is 14.5 Å². The normalized spacial score (nSPS) is 10.7. The van der Waals surface area contributed by atoms with E-state index in [-0.39, 0.29) is 11.4 Å². The van der Waals surface area contributed by atoms with E-state index in [2.05, 4.69) is 5.10 Å². The summed E-state index contributed by atoms with van der Waals surface area (Å²) in [5, 5.41) is 2.61. The lowest BCUT2D eigenvalue weighted by molar-refractivity contribution is 0.572. The number of aryl methyl sites for hydroxylation is 1. The minimum absolute atomic E-state index is 0.0173. The van der Waals surface area contributed by atoms with E-state index in [1.807, 2.05) is 0 Å². The van der Waals surface area contributed by atoms with Gasteiger partial charge in [0.15, 0.2) is 5.82 Å². The number of nitrogen functional groups attached to an aromatic ring is 1. The molecule has 2 aromatic rings. The molecule has 0 saturated heterocycles. The zero-order chi connectivity index (χ0) is 11.9. The molecule has 1 aromatic heterocycles. The van der Waals surface area contributed by atoms with Crippen molar-refractivity contribution in [3.8, 4) is 5.69 Å². The van der Waals surface area contributed by atoms with E-state index in [0.717, 1.165) is 10.7 Å². The van der Waals surface area contributed by atoms with Crippen LogP contribution in [-0.2, 0) is 0 Å². The highest BCUT2D eigenvalue weighted by Crippen LogP contribution is 2.13. The van der Waals surface area contributed by atoms with Gasteiger partial charge < -0.3 is 5.73 Å². The van der Waals surface area contributed by atoms with Gasteiger partial charge in [-0.05, 0) is 19.1 Å². The molecule has 0 aliphatic carbocycles. The van der Waals surface area contributed by atoms with E-state index >= 15 is 0 Å². The summed E-state index contributed by atoms with van der Waals surface area (Å²) in [5.74, 6) is -1.53. The molecule has 0 bridgehead atoms. The summed E-state index contributed by atoms with van der Waals surface area (Å²) < 4.78 is 27.0. The summed E-state index contributed by atoms with van der Waals surface area (Å²) in [6.45, 7) is 1.59. The third-order valence-electron chi connectivity index (χ3n) is 2.27. The zero-order valence-corrected chi connectivity index (χ0v) is 8.42. The van der Waals surface area contributed by atoms with Gasteiger partial charge >= 0.3 is 0 Å². The van der Waals surface area contributed by atoms with Gasteiger partial charge in [0.2, 0.25) is 0 Å². The van der Waals surface area contributed by atoms with Crippen LogP contribution in [0.3, 0.4) is 0 Å². The summed E-state index contributed by atoms with van der Waals surface area (Å²) >= 11 is 0. The van der Waals surface area contributed by atoms with Crippen molar-refractivity contribution in [1.82, 2.24) is 9.78 Å². The molecular formula is C10H9F2N3O. The Morgan fingerprint density at radius 2 is 2.06 bits per heavy atom. The number of benzene rings is 1. The van der Waals surface area contributed by atoms with Gasteiger partial charge in [-0.25, -0.2) is 13.5 Å². The molecule has 0 saturated carbocycles. The van der Waals surface area contributed by atoms with E-state index in [0.29, 0.717) is 11.8 Å². The van der Waals surface area contributed by atoms with Crippen LogP contribution in [-0.4, -0.2) is 9.78 Å². The predicted octanol–water partition coefficient (Wildman–Crippen LogP) is 1.33. The van der Waals surface area contributed by atoms with Gasteiger partial charge in [-0.2, -0.15) is 0 Å². The number of nitrogens with zero attached hydrogens (tertiary/aromatic N) is 1. The molecule has 0 radical (unpaired) electrons. The molecule has 0 spiro atoms. The Kier molecular flexibility index (Phi) is 2.26. The van der Waals surface area contributed by atoms with Gasteiger partial charge in [-0.15, -0.1) is 0 Å². The average Bonchev–Trinajstić information content (AvgIpc) is 2.46. The van der Waals surface area contributed by atoms with Crippen molar-refractivity contribution >= 4 is 5.69 Å². The van der Waals surface area contributed by atoms with E-state index in [4.69, 9.17) is 5.73 Å². The maximum absolute atomic E-state index is 13.4. The minimum Gasteiger partial charge on any atom is -0.393 e. The Balaban J connectivity index is 2.68. The number of hydrogen-bond donors (Lipinski definition) is 2. The van der Waals surface area contributed by atoms with Crippen molar-refractivity contribution in [3.05, 3.63) is 45.9 Å². The lowest BCUT2D eigenvalue weighted by Gasteiger charge is -2.02. The Hall–Kier alpha value is -2.11. The van der Waals surface area contributed by atoms with Crippen molar-refractivity contribution < 1.29 is 8.78 Å². The number of halogens is 2. The third kappa shape index (κ3) is 1.48. The number of aromatic nitrogens is 2. The fraction of sp³-hybridized carbons (Fsp3) is 0.100. The number of nitrogens with two attached hydrogens (primary N) is 1. The van der Waals surface area contributed by atoms with Crippen LogP contribution in [0.15, 0.2) is 23.0 Å². The third-order valence-corrected chi connectivity index (χ3v) is 2.27. The first-order valence-electron chi connectivity index (χ1n) is 4.53. The highest BCUT2D eigenvalue weighted by Gasteiger charge is 2.12. The number of aromatic amines is 1. The molecule has 1 aromatic carbocycles. The van der Waals surface area contributed by atoms with Crippen LogP contribution in [0.5, 0.6) is 0 Å². The van der Waals surface area contributed by atoms with Crippen molar-refractivity contribution in [2.75, 3.05) is 5.73 Å². The predicted molar refractivity (Wildman–Crippen MR) is 55.5 cm³/mol. The summed E-state index contributed by atoms with van der Waals surface area (Å²) in [4.78, 5) is 11.6. The quantitative estimate of drug-likeness (QED) is 0.769. The van der Waals surface area contributed by atoms with Crippen LogP contribution in [0.1, 0.15) is 5.69 Å². The Bertz CT molecular complexity index is 601. The number of rotatable bonds is 1. The number of nitrogens with one attached hydrogen (secondary N) is 1. The molecule has 0 atom stereocenters. The maximum atomic E-state index is 13.4. The largest absolute Gasteiger partial charge is 0.393 e. The first-order valence-corrected chi connectivity index (χ1v) is 4.53. The van der Waals surface area contributed by atoms with E-state index < -0.39 is 17.2 Å². The molecule has 3 N–H and O–H groups in total. The van der Waals surface area contributed by atoms with Gasteiger partial charge in [-0.3, -0.25) is 9.89 Å². The van der Waals surface area contributed by atoms with Crippen molar-refractivity contribution in [3.63, 3.8) is 0 Å². The number of anilines is 1. The van der Waals surface area contributed by atoms with Crippen LogP contribution in [0.2, 0.25) is 0 Å². The van der Waals surface area contributed by atoms with Crippen molar-refractivity contribution in [2.24, 2.45) is 0 Å². The zero-order valence-electron chi connectivity index (χ0n) is 8.42. The minimum atomic E-state index is -0.830. The fourth-order valence-electron chi connectivity index (χ4n) is 1.39. The van der Waals surface area contributed by atoms with E-state index in [1.165, 1.54) is 6.07 Å². The highest BCUT2D eigenvalue weighted by molar-refractivity contribution is 5.44. The molecule has 0 aliphatic rings. The van der Waals surface area contributed by atoms with Gasteiger partial charge in [-0.1, -0.05) is 0 Å². The second kappa shape index (κ2) is 3.48. The van der Waals surface area contributed by atoms with Crippen molar-refractivity contribution in [2.45, 2.75) is 6.92 Å². The van der Waals surface area contributed by atoms with Gasteiger partial charge in [0.05, 0.1) is 5.69 Å². The standard InChI is InChI=1S/C10H9F2N3O/c1-5-9(13)10(16)15(14-5)8-3-2-6(11)4-7(8)12/h2-4,14H,13H2,1H3. The lowest BCUT2D eigenvalue weighted by Crippen LogP contribution is -2.17. The lowest BCUT2D eigenvalue weighted by atomic mass is 10.3. The SMILES string of the molecule is Cc1[nH]n(-c2ccc(F)cc2F)c(=O)c1N. The fourth-order valence-corrected chi connectivity index (χ4v) is 1.39. The van der Waals surface area contributed by atoms with Gasteiger partial charge in [0, 0.05) is 6.07 Å². The van der Waals surface area contributed by atoms with Crippen LogP contribution < -0.4 is 11.3 Å². The molecule has 0 fully saturated rings. The molecule has 4 nitrogen and oxygen atoms in total. The van der Waals surface area contributed by atoms with E-state index in [9.17, 15) is 13.6 Å². The van der Waals surface area contributed by atoms with Crippen molar-refractivity contribution in [1.29, 1.82) is 0 Å². The Morgan fingerprint density at radius 3 is 2.56 bits per heavy atom. The maximum Gasteiger partial charge on any atom is 0.294 e. The van der Waals surface area contributed by atoms with Crippen LogP contribution in [0, 0.1) is 18.6 Å². The first kappa shape index (κ1) is 10.4. The smallest absolute Gasteiger partial charge is 0.294 e. The molecule has 1 heterocycles. The average molecular weight is 225 g/mol. The molecule has 0 amide bonds. The second-order valence-electron chi connectivity index (χ2n) is 3.39. The highest BCUT2D eigenvalue weighted by atomic mass is 19.1. The number of hydrogen-bond acceptors (Lipinski definition) is 2. The molecule has 0 aliphatic heterocycles. The molecule has 16 heavy (non-hydrogen) atoms. The summed E-state index contributed by atoms with van der Waals surface area (Å²) in [7, 11) is 0. The Labute approximate surface area is 89.3 Å². The number of H-pyrrole nitrogens is 1. The molecule has 2 rings (SSSR count). The Morgan fingerprint density at radius 1 is 1.38 bits per heavy atom. The molecule has 6 heteroatoms. The van der Waals surface area contributed by atoms with Crippen LogP contribution in [0.25, 0.3) is 5.69 Å². The second-order valence-corrected chi connectivity index (χ2v) is 3.39. The monoisotopic (exact) mass is 225 g/mol. The summed E-state index contributed by atoms with van der Waals surface area (Å²) in [6.07, 6.45) is 0. The van der Waals surface area contributed by atoms with Crippen LogP contribution >= 0.6 is 0 Å². The van der Waals surface area contributed by atoms with Gasteiger partial charge in [0.1, 0.15) is 17.2 Å². The first-order chi connectivity index (χ1) is 7.50. The summed E-state index contributed by atoms with van der Waals surface area (Å²) in [5.41, 5.74) is 5.30. The topological polar surface area (TPSA) is 63.8 Å². The summed E-state index contributed by atoms with van der Waals surface area (Å²) in [6, 6.07) is 2.94.